The molecular formula is C15H26N2O4S. The fourth-order valence-electron chi connectivity index (χ4n) is 3.29. The molecule has 0 aromatic carbocycles. The Kier molecular flexibility index (Phi) is 5.83. The molecule has 126 valence electrons. The van der Waals surface area contributed by atoms with Gasteiger partial charge in [-0.3, -0.25) is 9.59 Å². The molecule has 0 aromatic rings. The van der Waals surface area contributed by atoms with E-state index in [0.29, 0.717) is 19.5 Å². The zero-order valence-electron chi connectivity index (χ0n) is 13.3. The maximum atomic E-state index is 12.3. The van der Waals surface area contributed by atoms with Gasteiger partial charge in [-0.25, -0.2) is 8.42 Å². The van der Waals surface area contributed by atoms with E-state index in [2.05, 4.69) is 0 Å². The van der Waals surface area contributed by atoms with Crippen LogP contribution >= 0.6 is 0 Å². The van der Waals surface area contributed by atoms with Crippen LogP contribution in [0.2, 0.25) is 0 Å². The number of piperidine rings is 1. The Morgan fingerprint density at radius 2 is 2.00 bits per heavy atom. The molecule has 1 atom stereocenters. The third kappa shape index (κ3) is 4.97. The molecule has 2 saturated heterocycles. The van der Waals surface area contributed by atoms with Crippen LogP contribution in [0.1, 0.15) is 44.9 Å². The minimum Gasteiger partial charge on any atom is -0.343 e. The van der Waals surface area contributed by atoms with Gasteiger partial charge in [0.05, 0.1) is 5.75 Å². The van der Waals surface area contributed by atoms with Crippen LogP contribution in [0.3, 0.4) is 0 Å². The lowest BCUT2D eigenvalue weighted by Gasteiger charge is -2.36. The number of likely N-dealkylation sites (tertiary alicyclic amines) is 2. The van der Waals surface area contributed by atoms with Gasteiger partial charge in [-0.15, -0.1) is 0 Å². The summed E-state index contributed by atoms with van der Waals surface area (Å²) in [6, 6.07) is 0.147. The lowest BCUT2D eigenvalue weighted by Crippen LogP contribution is -2.45. The second kappa shape index (κ2) is 7.44. The lowest BCUT2D eigenvalue weighted by atomic mass is 9.98. The number of rotatable bonds is 6. The van der Waals surface area contributed by atoms with E-state index in [1.165, 1.54) is 0 Å². The molecule has 0 radical (unpaired) electrons. The van der Waals surface area contributed by atoms with Gasteiger partial charge in [-0.2, -0.15) is 0 Å². The third-order valence-corrected chi connectivity index (χ3v) is 5.48. The van der Waals surface area contributed by atoms with Crippen molar-refractivity contribution in [2.45, 2.75) is 51.0 Å². The monoisotopic (exact) mass is 330 g/mol. The third-order valence-electron chi connectivity index (χ3n) is 4.54. The molecule has 2 heterocycles. The van der Waals surface area contributed by atoms with Crippen molar-refractivity contribution in [1.82, 2.24) is 9.80 Å². The van der Waals surface area contributed by atoms with E-state index in [0.717, 1.165) is 44.9 Å². The van der Waals surface area contributed by atoms with E-state index in [1.54, 1.807) is 0 Å². The first kappa shape index (κ1) is 17.2. The Hall–Kier alpha value is -1.11. The van der Waals surface area contributed by atoms with Gasteiger partial charge in [0, 0.05) is 44.8 Å². The molecule has 1 unspecified atom stereocenters. The predicted molar refractivity (Wildman–Crippen MR) is 84.1 cm³/mol. The van der Waals surface area contributed by atoms with Crippen molar-refractivity contribution in [2.24, 2.45) is 0 Å². The Morgan fingerprint density at radius 1 is 1.23 bits per heavy atom. The summed E-state index contributed by atoms with van der Waals surface area (Å²) in [5, 5.41) is 0. The summed E-state index contributed by atoms with van der Waals surface area (Å²) in [7, 11) is -3.11. The molecule has 2 rings (SSSR count). The molecule has 2 aliphatic heterocycles. The van der Waals surface area contributed by atoms with Crippen LogP contribution in [0.4, 0.5) is 0 Å². The van der Waals surface area contributed by atoms with Gasteiger partial charge >= 0.3 is 0 Å². The highest BCUT2D eigenvalue weighted by Gasteiger charge is 2.28. The van der Waals surface area contributed by atoms with Crippen LogP contribution in [-0.4, -0.2) is 67.7 Å². The van der Waals surface area contributed by atoms with Crippen molar-refractivity contribution in [3.8, 4) is 0 Å². The van der Waals surface area contributed by atoms with Crippen LogP contribution in [0.15, 0.2) is 0 Å². The van der Waals surface area contributed by atoms with Crippen LogP contribution in [0, 0.1) is 0 Å². The van der Waals surface area contributed by atoms with Crippen molar-refractivity contribution in [3.05, 3.63) is 0 Å². The van der Waals surface area contributed by atoms with E-state index < -0.39 is 9.84 Å². The van der Waals surface area contributed by atoms with Gasteiger partial charge in [0.15, 0.2) is 0 Å². The first-order chi connectivity index (χ1) is 10.4. The number of amides is 2. The van der Waals surface area contributed by atoms with Crippen molar-refractivity contribution in [1.29, 1.82) is 0 Å². The summed E-state index contributed by atoms with van der Waals surface area (Å²) in [5.74, 6) is 0.0632. The van der Waals surface area contributed by atoms with Crippen LogP contribution < -0.4 is 0 Å². The highest BCUT2D eigenvalue weighted by atomic mass is 32.2. The molecule has 2 amide bonds. The van der Waals surface area contributed by atoms with E-state index in [1.807, 2.05) is 9.80 Å². The molecule has 0 saturated carbocycles. The van der Waals surface area contributed by atoms with E-state index >= 15 is 0 Å². The zero-order chi connectivity index (χ0) is 16.2. The number of carbonyl (C=O) groups excluding carboxylic acids is 2. The molecule has 6 nitrogen and oxygen atoms in total. The first-order valence-corrected chi connectivity index (χ1v) is 10.2. The summed E-state index contributed by atoms with van der Waals surface area (Å²) in [4.78, 5) is 27.7. The van der Waals surface area contributed by atoms with Crippen molar-refractivity contribution in [2.75, 3.05) is 31.6 Å². The summed E-state index contributed by atoms with van der Waals surface area (Å²) >= 11 is 0. The van der Waals surface area contributed by atoms with E-state index in [4.69, 9.17) is 0 Å². The largest absolute Gasteiger partial charge is 0.343 e. The fraction of sp³-hybridized carbons (Fsp3) is 0.867. The zero-order valence-corrected chi connectivity index (χ0v) is 14.1. The smallest absolute Gasteiger partial charge is 0.223 e. The molecule has 2 fully saturated rings. The van der Waals surface area contributed by atoms with E-state index in [9.17, 15) is 18.0 Å². The Labute approximate surface area is 132 Å². The standard InChI is InChI=1S/C15H26N2O4S/c1-22(20,21)12-8-15(19)17-10-3-2-5-13(17)7-11-16-9-4-6-14(16)18/h13H,2-12H2,1H3. The van der Waals surface area contributed by atoms with Crippen LogP contribution in [0.5, 0.6) is 0 Å². The topological polar surface area (TPSA) is 74.8 Å². The average molecular weight is 330 g/mol. The van der Waals surface area contributed by atoms with Crippen molar-refractivity contribution < 1.29 is 18.0 Å². The van der Waals surface area contributed by atoms with Crippen LogP contribution in [0.25, 0.3) is 0 Å². The Bertz CT molecular complexity index is 518. The first-order valence-electron chi connectivity index (χ1n) is 8.12. The molecule has 0 aliphatic carbocycles. The van der Waals surface area contributed by atoms with Crippen molar-refractivity contribution in [3.63, 3.8) is 0 Å². The number of carbonyl (C=O) groups is 2. The number of nitrogens with zero attached hydrogens (tertiary/aromatic N) is 2. The van der Waals surface area contributed by atoms with Gasteiger partial charge in [0.1, 0.15) is 9.84 Å². The van der Waals surface area contributed by atoms with Crippen LogP contribution in [-0.2, 0) is 19.4 Å². The number of hydrogen-bond donors (Lipinski definition) is 0. The summed E-state index contributed by atoms with van der Waals surface area (Å²) < 4.78 is 22.4. The van der Waals surface area contributed by atoms with E-state index in [-0.39, 0.29) is 30.0 Å². The molecule has 2 aliphatic rings. The second-order valence-electron chi connectivity index (χ2n) is 6.39. The fourth-order valence-corrected chi connectivity index (χ4v) is 3.84. The average Bonchev–Trinajstić information content (AvgIpc) is 2.87. The predicted octanol–water partition coefficient (Wildman–Crippen LogP) is 0.815. The molecule has 0 N–H and O–H groups in total. The summed E-state index contributed by atoms with van der Waals surface area (Å²) in [6.45, 7) is 2.24. The molecule has 22 heavy (non-hydrogen) atoms. The molecule has 7 heteroatoms. The van der Waals surface area contributed by atoms with Crippen molar-refractivity contribution >= 4 is 21.7 Å². The number of hydrogen-bond acceptors (Lipinski definition) is 4. The normalized spacial score (nSPS) is 23.1. The van der Waals surface area contributed by atoms with Gasteiger partial charge in [0.25, 0.3) is 0 Å². The van der Waals surface area contributed by atoms with Gasteiger partial charge in [0.2, 0.25) is 11.8 Å². The van der Waals surface area contributed by atoms with Gasteiger partial charge in [-0.1, -0.05) is 0 Å². The maximum Gasteiger partial charge on any atom is 0.223 e. The SMILES string of the molecule is CS(=O)(=O)CCC(=O)N1CCCCC1CCN1CCCC1=O. The second-order valence-corrected chi connectivity index (χ2v) is 8.65. The Balaban J connectivity index is 1.87. The highest BCUT2D eigenvalue weighted by Crippen LogP contribution is 2.22. The minimum absolute atomic E-state index is 0.0668. The quantitative estimate of drug-likeness (QED) is 0.722. The molecule has 0 spiro atoms. The molecule has 0 bridgehead atoms. The molecule has 0 aromatic heterocycles. The summed E-state index contributed by atoms with van der Waals surface area (Å²) in [5.41, 5.74) is 0. The van der Waals surface area contributed by atoms with Gasteiger partial charge < -0.3 is 9.80 Å². The minimum atomic E-state index is -3.11. The van der Waals surface area contributed by atoms with Gasteiger partial charge in [-0.05, 0) is 32.1 Å². The highest BCUT2D eigenvalue weighted by molar-refractivity contribution is 7.90. The lowest BCUT2D eigenvalue weighted by molar-refractivity contribution is -0.134. The maximum absolute atomic E-state index is 12.3. The molecular weight excluding hydrogens is 304 g/mol. The number of sulfone groups is 1. The summed E-state index contributed by atoms with van der Waals surface area (Å²) in [6.07, 6.45) is 6.62. The Morgan fingerprint density at radius 3 is 2.64 bits per heavy atom.